The van der Waals surface area contributed by atoms with Gasteiger partial charge in [0.2, 0.25) is 5.91 Å². The van der Waals surface area contributed by atoms with E-state index in [4.69, 9.17) is 9.26 Å². The fourth-order valence-electron chi connectivity index (χ4n) is 3.29. The summed E-state index contributed by atoms with van der Waals surface area (Å²) in [6.07, 6.45) is 1.13. The first-order valence-corrected chi connectivity index (χ1v) is 9.14. The molecule has 6 heteroatoms. The molecule has 6 nitrogen and oxygen atoms in total. The third kappa shape index (κ3) is 3.81. The summed E-state index contributed by atoms with van der Waals surface area (Å²) in [4.78, 5) is 23.8. The van der Waals surface area contributed by atoms with Gasteiger partial charge in [0.25, 0.3) is 0 Å². The summed E-state index contributed by atoms with van der Waals surface area (Å²) in [5.41, 5.74) is 3.72. The zero-order chi connectivity index (χ0) is 19.7. The largest absolute Gasteiger partial charge is 0.490 e. The highest BCUT2D eigenvalue weighted by Crippen LogP contribution is 2.33. The zero-order valence-corrected chi connectivity index (χ0v) is 15.7. The van der Waals surface area contributed by atoms with Gasteiger partial charge in [-0.15, -0.1) is 0 Å². The number of fused-ring (bicyclic) bond motifs is 1. The minimum Gasteiger partial charge on any atom is -0.490 e. The minimum absolute atomic E-state index is 0.0496. The van der Waals surface area contributed by atoms with Crippen LogP contribution in [0.25, 0.3) is 11.3 Å². The molecule has 1 amide bonds. The maximum atomic E-state index is 12.3. The maximum absolute atomic E-state index is 12.3. The van der Waals surface area contributed by atoms with Crippen LogP contribution in [0.2, 0.25) is 0 Å². The van der Waals surface area contributed by atoms with Gasteiger partial charge < -0.3 is 14.6 Å². The Morgan fingerprint density at radius 3 is 2.86 bits per heavy atom. The second kappa shape index (κ2) is 7.31. The van der Waals surface area contributed by atoms with Crippen molar-refractivity contribution in [3.8, 4) is 17.1 Å². The van der Waals surface area contributed by atoms with E-state index in [1.165, 1.54) is 6.92 Å². The molecule has 1 aliphatic heterocycles. The van der Waals surface area contributed by atoms with E-state index in [2.05, 4.69) is 10.5 Å². The normalized spacial score (nSPS) is 15.0. The molecular weight excluding hydrogens is 356 g/mol. The molecule has 1 aliphatic rings. The lowest BCUT2D eigenvalue weighted by atomic mass is 10.1. The van der Waals surface area contributed by atoms with Crippen LogP contribution in [-0.2, 0) is 17.6 Å². The standard InChI is InChI=1S/C22H20N2O4/c1-13-8-17-9-16(6-7-20(17)27-13)21-11-19(24-28-21)12-22(26)23-18-5-3-4-15(10-18)14(2)25/h3-7,9-11,13H,8,12H2,1-2H3,(H,23,26). The third-order valence-corrected chi connectivity index (χ3v) is 4.63. The van der Waals surface area contributed by atoms with Crippen molar-refractivity contribution in [3.63, 3.8) is 0 Å². The average Bonchev–Trinajstić information content (AvgIpc) is 3.26. The van der Waals surface area contributed by atoms with E-state index < -0.39 is 0 Å². The molecule has 0 saturated carbocycles. The Labute approximate surface area is 162 Å². The number of aromatic nitrogens is 1. The van der Waals surface area contributed by atoms with Crippen molar-refractivity contribution >= 4 is 17.4 Å². The number of hydrogen-bond acceptors (Lipinski definition) is 5. The number of ketones is 1. The number of Topliss-reactive ketones (excluding diaryl/α,β-unsaturated/α-hetero) is 1. The van der Waals surface area contributed by atoms with E-state index in [1.54, 1.807) is 30.3 Å². The second-order valence-corrected chi connectivity index (χ2v) is 7.00. The number of carbonyl (C=O) groups is 2. The van der Waals surface area contributed by atoms with Crippen LogP contribution in [0.4, 0.5) is 5.69 Å². The molecule has 142 valence electrons. The molecule has 1 N–H and O–H groups in total. The van der Waals surface area contributed by atoms with E-state index in [-0.39, 0.29) is 24.2 Å². The van der Waals surface area contributed by atoms with Crippen molar-refractivity contribution in [2.24, 2.45) is 0 Å². The van der Waals surface area contributed by atoms with Crippen molar-refractivity contribution in [1.29, 1.82) is 0 Å². The number of benzene rings is 2. The molecule has 0 radical (unpaired) electrons. The van der Waals surface area contributed by atoms with Crippen molar-refractivity contribution < 1.29 is 18.8 Å². The first-order valence-electron chi connectivity index (χ1n) is 9.14. The summed E-state index contributed by atoms with van der Waals surface area (Å²) in [5, 5.41) is 6.79. The molecular formula is C22H20N2O4. The Balaban J connectivity index is 1.44. The molecule has 1 unspecified atom stereocenters. The first-order chi connectivity index (χ1) is 13.5. The van der Waals surface area contributed by atoms with E-state index in [1.807, 2.05) is 25.1 Å². The molecule has 0 fully saturated rings. The highest BCUT2D eigenvalue weighted by molar-refractivity contribution is 5.97. The number of ether oxygens (including phenoxy) is 1. The quantitative estimate of drug-likeness (QED) is 0.680. The number of carbonyl (C=O) groups excluding carboxylic acids is 2. The number of rotatable bonds is 5. The van der Waals surface area contributed by atoms with Crippen LogP contribution >= 0.6 is 0 Å². The Morgan fingerprint density at radius 2 is 2.04 bits per heavy atom. The number of nitrogens with one attached hydrogen (secondary N) is 1. The van der Waals surface area contributed by atoms with Gasteiger partial charge in [-0.1, -0.05) is 17.3 Å². The summed E-state index contributed by atoms with van der Waals surface area (Å²) in [5.74, 6) is 1.25. The molecule has 2 aromatic carbocycles. The zero-order valence-electron chi connectivity index (χ0n) is 15.7. The number of nitrogens with zero attached hydrogens (tertiary/aromatic N) is 1. The highest BCUT2D eigenvalue weighted by atomic mass is 16.5. The predicted octanol–water partition coefficient (Wildman–Crippen LogP) is 4.05. The highest BCUT2D eigenvalue weighted by Gasteiger charge is 2.20. The average molecular weight is 376 g/mol. The Hall–Kier alpha value is -3.41. The number of amides is 1. The van der Waals surface area contributed by atoms with Crippen molar-refractivity contribution in [1.82, 2.24) is 5.16 Å². The lowest BCUT2D eigenvalue weighted by molar-refractivity contribution is -0.115. The molecule has 28 heavy (non-hydrogen) atoms. The van der Waals surface area contributed by atoms with Gasteiger partial charge in [0.05, 0.1) is 12.1 Å². The van der Waals surface area contributed by atoms with Gasteiger partial charge in [-0.05, 0) is 49.7 Å². The van der Waals surface area contributed by atoms with E-state index in [0.29, 0.717) is 22.7 Å². The molecule has 0 saturated heterocycles. The van der Waals surface area contributed by atoms with Crippen molar-refractivity contribution in [2.45, 2.75) is 32.8 Å². The van der Waals surface area contributed by atoms with Gasteiger partial charge in [-0.2, -0.15) is 0 Å². The molecule has 0 spiro atoms. The second-order valence-electron chi connectivity index (χ2n) is 7.00. The molecule has 4 rings (SSSR count). The van der Waals surface area contributed by atoms with Crippen LogP contribution < -0.4 is 10.1 Å². The van der Waals surface area contributed by atoms with Crippen LogP contribution in [-0.4, -0.2) is 23.0 Å². The van der Waals surface area contributed by atoms with Gasteiger partial charge in [0.15, 0.2) is 11.5 Å². The Morgan fingerprint density at radius 1 is 1.18 bits per heavy atom. The summed E-state index contributed by atoms with van der Waals surface area (Å²) >= 11 is 0. The SMILES string of the molecule is CC(=O)c1cccc(NC(=O)Cc2cc(-c3ccc4c(c3)CC(C)O4)on2)c1. The Bertz CT molecular complexity index is 1050. The van der Waals surface area contributed by atoms with E-state index in [0.717, 1.165) is 23.3 Å². The fourth-order valence-corrected chi connectivity index (χ4v) is 3.29. The lowest BCUT2D eigenvalue weighted by Crippen LogP contribution is -2.14. The molecule has 0 aliphatic carbocycles. The van der Waals surface area contributed by atoms with Gasteiger partial charge in [0.1, 0.15) is 11.9 Å². The van der Waals surface area contributed by atoms with Gasteiger partial charge in [-0.3, -0.25) is 9.59 Å². The van der Waals surface area contributed by atoms with E-state index >= 15 is 0 Å². The number of anilines is 1. The predicted molar refractivity (Wildman–Crippen MR) is 105 cm³/mol. The molecule has 1 atom stereocenters. The van der Waals surface area contributed by atoms with Crippen molar-refractivity contribution in [2.75, 3.05) is 5.32 Å². The third-order valence-electron chi connectivity index (χ3n) is 4.63. The summed E-state index contributed by atoms with van der Waals surface area (Å²) < 4.78 is 11.1. The molecule has 2 heterocycles. The molecule has 3 aromatic rings. The van der Waals surface area contributed by atoms with Crippen molar-refractivity contribution in [3.05, 3.63) is 65.4 Å². The molecule has 1 aromatic heterocycles. The smallest absolute Gasteiger partial charge is 0.230 e. The summed E-state index contributed by atoms with van der Waals surface area (Å²) in [6, 6.07) is 14.5. The number of hydrogen-bond donors (Lipinski definition) is 1. The van der Waals surface area contributed by atoms with Crippen LogP contribution in [0.1, 0.15) is 35.5 Å². The Kier molecular flexibility index (Phi) is 4.69. The van der Waals surface area contributed by atoms with E-state index in [9.17, 15) is 9.59 Å². The summed E-state index contributed by atoms with van der Waals surface area (Å²) in [6.45, 7) is 3.53. The molecule has 0 bridgehead atoms. The summed E-state index contributed by atoms with van der Waals surface area (Å²) in [7, 11) is 0. The van der Waals surface area contributed by atoms with Crippen LogP contribution in [0.15, 0.2) is 53.1 Å². The van der Waals surface area contributed by atoms with Crippen LogP contribution in [0, 0.1) is 0 Å². The first kappa shape index (κ1) is 18.0. The van der Waals surface area contributed by atoms with Crippen LogP contribution in [0.5, 0.6) is 5.75 Å². The minimum atomic E-state index is -0.225. The van der Waals surface area contributed by atoms with Gasteiger partial charge in [-0.25, -0.2) is 0 Å². The van der Waals surface area contributed by atoms with Crippen LogP contribution in [0.3, 0.4) is 0 Å². The monoisotopic (exact) mass is 376 g/mol. The van der Waals surface area contributed by atoms with Gasteiger partial charge >= 0.3 is 0 Å². The topological polar surface area (TPSA) is 81.4 Å². The lowest BCUT2D eigenvalue weighted by Gasteiger charge is -2.05. The maximum Gasteiger partial charge on any atom is 0.230 e. The van der Waals surface area contributed by atoms with Gasteiger partial charge in [0, 0.05) is 29.3 Å². The fraction of sp³-hybridized carbons (Fsp3) is 0.227.